The molecule has 0 bridgehead atoms. The molecule has 1 N–H and O–H groups in total. The van der Waals surface area contributed by atoms with Gasteiger partial charge < -0.3 is 14.9 Å². The second-order valence-electron chi connectivity index (χ2n) is 8.19. The first-order chi connectivity index (χ1) is 9.19. The van der Waals surface area contributed by atoms with Crippen LogP contribution in [-0.4, -0.2) is 61.3 Å². The Labute approximate surface area is 126 Å². The molecular formula is C17H36N2O. The third kappa shape index (κ3) is 6.55. The average Bonchev–Trinajstić information content (AvgIpc) is 2.30. The van der Waals surface area contributed by atoms with E-state index < -0.39 is 0 Å². The molecule has 0 aromatic rings. The number of hydrogen-bond acceptors (Lipinski definition) is 3. The quantitative estimate of drug-likeness (QED) is 0.778. The molecule has 3 heteroatoms. The van der Waals surface area contributed by atoms with Crippen LogP contribution < -0.4 is 0 Å². The minimum atomic E-state index is -0.1000. The molecule has 20 heavy (non-hydrogen) atoms. The highest BCUT2D eigenvalue weighted by atomic mass is 16.3. The van der Waals surface area contributed by atoms with Crippen molar-refractivity contribution in [2.45, 2.75) is 53.1 Å². The molecule has 2 unspecified atom stereocenters. The minimum Gasteiger partial charge on any atom is -0.393 e. The first kappa shape index (κ1) is 17.9. The van der Waals surface area contributed by atoms with Gasteiger partial charge in [-0.1, -0.05) is 27.7 Å². The van der Waals surface area contributed by atoms with Crippen molar-refractivity contribution in [3.63, 3.8) is 0 Å². The van der Waals surface area contributed by atoms with E-state index in [0.717, 1.165) is 45.4 Å². The van der Waals surface area contributed by atoms with Gasteiger partial charge >= 0.3 is 0 Å². The van der Waals surface area contributed by atoms with Gasteiger partial charge in [0.1, 0.15) is 0 Å². The smallest absolute Gasteiger partial charge is 0.0581 e. The van der Waals surface area contributed by atoms with Crippen LogP contribution in [0.1, 0.15) is 47.0 Å². The van der Waals surface area contributed by atoms with E-state index in [-0.39, 0.29) is 6.10 Å². The van der Waals surface area contributed by atoms with E-state index in [1.54, 1.807) is 0 Å². The van der Waals surface area contributed by atoms with Crippen molar-refractivity contribution in [2.75, 3.05) is 40.3 Å². The van der Waals surface area contributed by atoms with Crippen molar-refractivity contribution in [1.29, 1.82) is 0 Å². The van der Waals surface area contributed by atoms with Crippen molar-refractivity contribution in [2.24, 2.45) is 17.3 Å². The van der Waals surface area contributed by atoms with Crippen LogP contribution in [0.15, 0.2) is 0 Å². The Morgan fingerprint density at radius 3 is 2.40 bits per heavy atom. The van der Waals surface area contributed by atoms with Crippen LogP contribution in [0, 0.1) is 17.3 Å². The highest BCUT2D eigenvalue weighted by molar-refractivity contribution is 4.86. The van der Waals surface area contributed by atoms with E-state index in [4.69, 9.17) is 0 Å². The van der Waals surface area contributed by atoms with E-state index in [1.165, 1.54) is 0 Å². The van der Waals surface area contributed by atoms with Gasteiger partial charge in [-0.3, -0.25) is 0 Å². The topological polar surface area (TPSA) is 26.7 Å². The van der Waals surface area contributed by atoms with Crippen LogP contribution in [0.25, 0.3) is 0 Å². The molecule has 0 radical (unpaired) electrons. The number of likely N-dealkylation sites (N-methyl/N-ethyl adjacent to an activating group) is 1. The van der Waals surface area contributed by atoms with Crippen LogP contribution >= 0.6 is 0 Å². The largest absolute Gasteiger partial charge is 0.393 e. The number of rotatable bonds is 7. The molecule has 0 aromatic carbocycles. The van der Waals surface area contributed by atoms with Gasteiger partial charge in [-0.05, 0) is 50.6 Å². The third-order valence-corrected chi connectivity index (χ3v) is 4.46. The molecule has 3 nitrogen and oxygen atoms in total. The van der Waals surface area contributed by atoms with Gasteiger partial charge in [-0.25, -0.2) is 0 Å². The standard InChI is InChI=1S/C17H36N2O/c1-14(2)12-19(10-9-18(5)6)13-15-11-17(3,4)8-7-16(15)20/h14-16,20H,7-13H2,1-6H3. The van der Waals surface area contributed by atoms with Crippen molar-refractivity contribution in [1.82, 2.24) is 9.80 Å². The Morgan fingerprint density at radius 1 is 1.20 bits per heavy atom. The van der Waals surface area contributed by atoms with Gasteiger partial charge in [0.25, 0.3) is 0 Å². The normalized spacial score (nSPS) is 26.7. The number of nitrogens with zero attached hydrogens (tertiary/aromatic N) is 2. The first-order valence-electron chi connectivity index (χ1n) is 8.25. The maximum absolute atomic E-state index is 10.3. The molecule has 2 atom stereocenters. The molecule has 0 heterocycles. The maximum Gasteiger partial charge on any atom is 0.0581 e. The summed E-state index contributed by atoms with van der Waals surface area (Å²) < 4.78 is 0. The fourth-order valence-electron chi connectivity index (χ4n) is 3.35. The van der Waals surface area contributed by atoms with Crippen LogP contribution in [0.2, 0.25) is 0 Å². The summed E-state index contributed by atoms with van der Waals surface area (Å²) in [5, 5.41) is 10.3. The van der Waals surface area contributed by atoms with Crippen molar-refractivity contribution < 1.29 is 5.11 Å². The lowest BCUT2D eigenvalue weighted by Gasteiger charge is -2.41. The summed E-state index contributed by atoms with van der Waals surface area (Å²) >= 11 is 0. The molecule has 1 aliphatic carbocycles. The monoisotopic (exact) mass is 284 g/mol. The summed E-state index contributed by atoms with van der Waals surface area (Å²) in [7, 11) is 4.26. The zero-order chi connectivity index (χ0) is 15.3. The molecule has 0 spiro atoms. The fraction of sp³-hybridized carbons (Fsp3) is 1.00. The van der Waals surface area contributed by atoms with E-state index >= 15 is 0 Å². The molecule has 1 saturated carbocycles. The van der Waals surface area contributed by atoms with Gasteiger partial charge in [0.15, 0.2) is 0 Å². The second-order valence-corrected chi connectivity index (χ2v) is 8.19. The number of aliphatic hydroxyl groups excluding tert-OH is 1. The summed E-state index contributed by atoms with van der Waals surface area (Å²) in [6.07, 6.45) is 3.19. The molecular weight excluding hydrogens is 248 g/mol. The van der Waals surface area contributed by atoms with Crippen molar-refractivity contribution >= 4 is 0 Å². The molecule has 0 aromatic heterocycles. The Morgan fingerprint density at radius 2 is 1.85 bits per heavy atom. The highest BCUT2D eigenvalue weighted by Gasteiger charge is 2.34. The molecule has 0 amide bonds. The lowest BCUT2D eigenvalue weighted by Crippen LogP contribution is -2.44. The second kappa shape index (κ2) is 7.77. The Bertz CT molecular complexity index is 276. The summed E-state index contributed by atoms with van der Waals surface area (Å²) in [6.45, 7) is 13.6. The molecule has 1 fully saturated rings. The average molecular weight is 284 g/mol. The molecule has 0 aliphatic heterocycles. The first-order valence-corrected chi connectivity index (χ1v) is 8.25. The summed E-state index contributed by atoms with van der Waals surface area (Å²) in [5.74, 6) is 1.13. The third-order valence-electron chi connectivity index (χ3n) is 4.46. The van der Waals surface area contributed by atoms with Crippen LogP contribution in [-0.2, 0) is 0 Å². The van der Waals surface area contributed by atoms with Gasteiger partial charge in [0.05, 0.1) is 6.10 Å². The van der Waals surface area contributed by atoms with Crippen molar-refractivity contribution in [3.8, 4) is 0 Å². The lowest BCUT2D eigenvalue weighted by atomic mass is 9.70. The Hall–Kier alpha value is -0.120. The molecule has 1 rings (SSSR count). The van der Waals surface area contributed by atoms with Gasteiger partial charge in [-0.2, -0.15) is 0 Å². The number of hydrogen-bond donors (Lipinski definition) is 1. The molecule has 120 valence electrons. The van der Waals surface area contributed by atoms with Crippen molar-refractivity contribution in [3.05, 3.63) is 0 Å². The van der Waals surface area contributed by atoms with Gasteiger partial charge in [-0.15, -0.1) is 0 Å². The van der Waals surface area contributed by atoms with Crippen LogP contribution in [0.4, 0.5) is 0 Å². The van der Waals surface area contributed by atoms with Crippen LogP contribution in [0.5, 0.6) is 0 Å². The summed E-state index contributed by atoms with van der Waals surface area (Å²) in [5.41, 5.74) is 0.398. The zero-order valence-corrected chi connectivity index (χ0v) is 14.5. The molecule has 0 saturated heterocycles. The van der Waals surface area contributed by atoms with Gasteiger partial charge in [0, 0.05) is 26.2 Å². The molecule has 1 aliphatic rings. The van der Waals surface area contributed by atoms with E-state index in [2.05, 4.69) is 51.6 Å². The van der Waals surface area contributed by atoms with E-state index in [9.17, 15) is 5.11 Å². The fourth-order valence-corrected chi connectivity index (χ4v) is 3.35. The van der Waals surface area contributed by atoms with Gasteiger partial charge in [0.2, 0.25) is 0 Å². The van der Waals surface area contributed by atoms with E-state index in [0.29, 0.717) is 17.3 Å². The minimum absolute atomic E-state index is 0.1000. The number of aliphatic hydroxyl groups is 1. The predicted octanol–water partition coefficient (Wildman–Crippen LogP) is 2.69. The van der Waals surface area contributed by atoms with E-state index in [1.807, 2.05) is 0 Å². The predicted molar refractivity (Wildman–Crippen MR) is 87.0 cm³/mol. The lowest BCUT2D eigenvalue weighted by molar-refractivity contribution is 0.00193. The Kier molecular flexibility index (Phi) is 6.96. The highest BCUT2D eigenvalue weighted by Crippen LogP contribution is 2.39. The SMILES string of the molecule is CC(C)CN(CCN(C)C)CC1CC(C)(C)CCC1O. The Balaban J connectivity index is 2.57. The van der Waals surface area contributed by atoms with Crippen LogP contribution in [0.3, 0.4) is 0 Å². The maximum atomic E-state index is 10.3. The summed E-state index contributed by atoms with van der Waals surface area (Å²) in [4.78, 5) is 4.80. The summed E-state index contributed by atoms with van der Waals surface area (Å²) in [6, 6.07) is 0. The zero-order valence-electron chi connectivity index (χ0n) is 14.5.